The van der Waals surface area contributed by atoms with Crippen LogP contribution < -0.4 is 0 Å². The minimum absolute atomic E-state index is 0.0141. The molecule has 0 spiro atoms. The summed E-state index contributed by atoms with van der Waals surface area (Å²) in [5.74, 6) is 3.56. The van der Waals surface area contributed by atoms with Crippen LogP contribution in [0, 0.1) is 34.5 Å². The van der Waals surface area contributed by atoms with Crippen molar-refractivity contribution >= 4 is 0 Å². The Balaban J connectivity index is 1.67. The molecule has 4 fully saturated rings. The Kier molecular flexibility index (Phi) is 3.05. The third-order valence-corrected chi connectivity index (χ3v) is 8.49. The first-order valence-corrected chi connectivity index (χ1v) is 9.24. The highest BCUT2D eigenvalue weighted by atomic mass is 16.3. The lowest BCUT2D eigenvalue weighted by Gasteiger charge is -2.61. The van der Waals surface area contributed by atoms with Gasteiger partial charge in [-0.25, -0.2) is 0 Å². The van der Waals surface area contributed by atoms with E-state index in [4.69, 9.17) is 0 Å². The van der Waals surface area contributed by atoms with Gasteiger partial charge in [0, 0.05) is 0 Å². The Morgan fingerprint density at radius 3 is 2.50 bits per heavy atom. The summed E-state index contributed by atoms with van der Waals surface area (Å²) in [7, 11) is 0. The summed E-state index contributed by atoms with van der Waals surface area (Å²) in [6.45, 7) is 5.04. The van der Waals surface area contributed by atoms with Crippen molar-refractivity contribution in [1.29, 1.82) is 0 Å². The van der Waals surface area contributed by atoms with Gasteiger partial charge in [-0.1, -0.05) is 26.7 Å². The van der Waals surface area contributed by atoms with E-state index in [0.29, 0.717) is 5.41 Å². The van der Waals surface area contributed by atoms with Crippen molar-refractivity contribution in [3.63, 3.8) is 0 Å². The van der Waals surface area contributed by atoms with E-state index in [0.717, 1.165) is 30.1 Å². The van der Waals surface area contributed by atoms with E-state index in [-0.39, 0.29) is 11.5 Å². The smallest absolute Gasteiger partial charge is 0.0599 e. The third-order valence-electron chi connectivity index (χ3n) is 8.49. The number of hydrogen-bond acceptors (Lipinski definition) is 1. The number of aliphatic hydroxyl groups excluding tert-OH is 1. The van der Waals surface area contributed by atoms with Gasteiger partial charge in [0.2, 0.25) is 0 Å². The van der Waals surface area contributed by atoms with Crippen LogP contribution in [0.15, 0.2) is 0 Å². The quantitative estimate of drug-likeness (QED) is 0.675. The maximum atomic E-state index is 10.8. The molecule has 0 amide bonds. The van der Waals surface area contributed by atoms with Crippen molar-refractivity contribution in [2.24, 2.45) is 34.5 Å². The lowest BCUT2D eigenvalue weighted by molar-refractivity contribution is -0.159. The Morgan fingerprint density at radius 2 is 1.65 bits per heavy atom. The van der Waals surface area contributed by atoms with Crippen molar-refractivity contribution in [1.82, 2.24) is 0 Å². The van der Waals surface area contributed by atoms with Crippen LogP contribution in [0.4, 0.5) is 0 Å². The van der Waals surface area contributed by atoms with Crippen LogP contribution in [0.3, 0.4) is 0 Å². The van der Waals surface area contributed by atoms with Crippen molar-refractivity contribution < 1.29 is 5.11 Å². The van der Waals surface area contributed by atoms with E-state index in [9.17, 15) is 5.11 Å². The van der Waals surface area contributed by atoms with Gasteiger partial charge in [-0.15, -0.1) is 0 Å². The highest BCUT2D eigenvalue weighted by Crippen LogP contribution is 2.66. The minimum atomic E-state index is -0.0141. The second-order valence-electron chi connectivity index (χ2n) is 9.05. The van der Waals surface area contributed by atoms with E-state index in [1.54, 1.807) is 0 Å². The average Bonchev–Trinajstić information content (AvgIpc) is 2.82. The fraction of sp³-hybridized carbons (Fsp3) is 1.00. The molecule has 1 unspecified atom stereocenters. The first-order valence-electron chi connectivity index (χ1n) is 9.24. The predicted octanol–water partition coefficient (Wildman–Crippen LogP) is 4.78. The molecule has 1 heteroatoms. The molecule has 0 aromatic heterocycles. The Labute approximate surface area is 124 Å². The van der Waals surface area contributed by atoms with Gasteiger partial charge in [-0.2, -0.15) is 0 Å². The van der Waals surface area contributed by atoms with E-state index >= 15 is 0 Å². The summed E-state index contributed by atoms with van der Waals surface area (Å²) in [5.41, 5.74) is 0.912. The predicted molar refractivity (Wildman–Crippen MR) is 82.4 cm³/mol. The molecule has 1 N–H and O–H groups in total. The molecule has 4 aliphatic rings. The summed E-state index contributed by atoms with van der Waals surface area (Å²) in [6.07, 6.45) is 13.8. The van der Waals surface area contributed by atoms with Crippen LogP contribution in [0.25, 0.3) is 0 Å². The molecule has 1 nitrogen and oxygen atoms in total. The van der Waals surface area contributed by atoms with Crippen LogP contribution in [-0.2, 0) is 0 Å². The summed E-state index contributed by atoms with van der Waals surface area (Å²) in [4.78, 5) is 0. The first-order chi connectivity index (χ1) is 9.56. The van der Waals surface area contributed by atoms with E-state index in [1.165, 1.54) is 57.8 Å². The fourth-order valence-electron chi connectivity index (χ4n) is 7.31. The number of hydrogen-bond donors (Lipinski definition) is 1. The molecule has 4 aliphatic carbocycles. The van der Waals surface area contributed by atoms with Crippen LogP contribution >= 0.6 is 0 Å². The largest absolute Gasteiger partial charge is 0.393 e. The second-order valence-corrected chi connectivity index (χ2v) is 9.05. The summed E-state index contributed by atoms with van der Waals surface area (Å²) < 4.78 is 0. The summed E-state index contributed by atoms with van der Waals surface area (Å²) in [5, 5.41) is 10.8. The van der Waals surface area contributed by atoms with Crippen molar-refractivity contribution in [3.05, 3.63) is 0 Å². The molecule has 0 aliphatic heterocycles. The molecule has 0 saturated heterocycles. The van der Waals surface area contributed by atoms with Crippen LogP contribution in [0.5, 0.6) is 0 Å². The summed E-state index contributed by atoms with van der Waals surface area (Å²) >= 11 is 0. The van der Waals surface area contributed by atoms with Crippen molar-refractivity contribution in [2.45, 2.75) is 84.2 Å². The van der Waals surface area contributed by atoms with E-state index in [1.807, 2.05) is 0 Å². The van der Waals surface area contributed by atoms with Crippen LogP contribution in [0.2, 0.25) is 0 Å². The SMILES string of the molecule is C[C@@]12CCC[C@H]1[C@@H]1CC[C@H]3CCCC(O)[C@]3(C)[C@H]1CC2. The molecule has 0 aromatic rings. The molecular formula is C19H32O. The topological polar surface area (TPSA) is 20.2 Å². The number of aliphatic hydroxyl groups is 1. The zero-order valence-corrected chi connectivity index (χ0v) is 13.4. The molecule has 0 aromatic carbocycles. The van der Waals surface area contributed by atoms with Gasteiger partial charge in [-0.3, -0.25) is 0 Å². The summed E-state index contributed by atoms with van der Waals surface area (Å²) in [6, 6.07) is 0. The zero-order chi connectivity index (χ0) is 14.0. The molecule has 0 heterocycles. The zero-order valence-electron chi connectivity index (χ0n) is 13.4. The molecule has 4 rings (SSSR count). The van der Waals surface area contributed by atoms with Crippen LogP contribution in [-0.4, -0.2) is 11.2 Å². The Bertz CT molecular complexity index is 391. The molecule has 7 atom stereocenters. The molecule has 0 bridgehead atoms. The van der Waals surface area contributed by atoms with Crippen molar-refractivity contribution in [2.75, 3.05) is 0 Å². The maximum Gasteiger partial charge on any atom is 0.0599 e. The molecular weight excluding hydrogens is 244 g/mol. The number of fused-ring (bicyclic) bond motifs is 5. The van der Waals surface area contributed by atoms with E-state index in [2.05, 4.69) is 13.8 Å². The van der Waals surface area contributed by atoms with Gasteiger partial charge in [0.1, 0.15) is 0 Å². The van der Waals surface area contributed by atoms with Crippen LogP contribution in [0.1, 0.15) is 78.1 Å². The van der Waals surface area contributed by atoms with Gasteiger partial charge in [0.25, 0.3) is 0 Å². The minimum Gasteiger partial charge on any atom is -0.393 e. The van der Waals surface area contributed by atoms with E-state index < -0.39 is 0 Å². The monoisotopic (exact) mass is 276 g/mol. The fourth-order valence-corrected chi connectivity index (χ4v) is 7.31. The molecule has 20 heavy (non-hydrogen) atoms. The number of rotatable bonds is 0. The van der Waals surface area contributed by atoms with Gasteiger partial charge in [-0.05, 0) is 85.9 Å². The third kappa shape index (κ3) is 1.65. The molecule has 0 radical (unpaired) electrons. The average molecular weight is 276 g/mol. The molecule has 4 saturated carbocycles. The Morgan fingerprint density at radius 1 is 0.800 bits per heavy atom. The highest BCUT2D eigenvalue weighted by Gasteiger charge is 2.59. The van der Waals surface area contributed by atoms with Crippen molar-refractivity contribution in [3.8, 4) is 0 Å². The van der Waals surface area contributed by atoms with Gasteiger partial charge in [0.15, 0.2) is 0 Å². The van der Waals surface area contributed by atoms with Gasteiger partial charge < -0.3 is 5.11 Å². The first kappa shape index (κ1) is 13.6. The molecule has 114 valence electrons. The standard InChI is InChI=1S/C19H32O/c1-18-11-4-6-15(18)14-9-8-13-5-3-7-17(20)19(13,2)16(14)10-12-18/h13-17,20H,3-12H2,1-2H3/t13-,14+,15+,16+,17?,18+,19+/m1/s1. The maximum absolute atomic E-state index is 10.8. The lowest BCUT2D eigenvalue weighted by Crippen LogP contribution is -2.57. The lowest BCUT2D eigenvalue weighted by atomic mass is 9.45. The van der Waals surface area contributed by atoms with Gasteiger partial charge >= 0.3 is 0 Å². The Hall–Kier alpha value is -0.0400. The van der Waals surface area contributed by atoms with Gasteiger partial charge in [0.05, 0.1) is 6.10 Å². The highest BCUT2D eigenvalue weighted by molar-refractivity contribution is 5.08. The normalized spacial score (nSPS) is 58.6. The second kappa shape index (κ2) is 4.48.